The topological polar surface area (TPSA) is 59.2 Å². The first kappa shape index (κ1) is 16.3. The maximum atomic E-state index is 13.3. The average Bonchev–Trinajstić information content (AvgIpc) is 2.96. The van der Waals surface area contributed by atoms with Crippen LogP contribution in [0.1, 0.15) is 50.2 Å². The Labute approximate surface area is 154 Å². The molecule has 26 heavy (non-hydrogen) atoms. The third-order valence-electron chi connectivity index (χ3n) is 4.44. The molecule has 0 bridgehead atoms. The van der Waals surface area contributed by atoms with Gasteiger partial charge in [-0.15, -0.1) is 0 Å². The van der Waals surface area contributed by atoms with Crippen LogP contribution in [-0.4, -0.2) is 23.8 Å². The smallest absolute Gasteiger partial charge is 0.340 e. The number of aryl methyl sites for hydroxylation is 2. The first-order valence-electron chi connectivity index (χ1n) is 8.88. The van der Waals surface area contributed by atoms with Gasteiger partial charge in [0.1, 0.15) is 0 Å². The number of hydrogen-bond donors (Lipinski definition) is 1. The van der Waals surface area contributed by atoms with Crippen LogP contribution >= 0.6 is 0 Å². The van der Waals surface area contributed by atoms with E-state index in [2.05, 4.69) is 4.98 Å². The number of carbonyl (C=O) groups excluding carboxylic acids is 2. The van der Waals surface area contributed by atoms with E-state index < -0.39 is 5.97 Å². The number of benzene rings is 2. The zero-order valence-electron chi connectivity index (χ0n) is 16.1. The molecule has 0 fully saturated rings. The largest absolute Gasteiger partial charge is 0.465 e. The highest BCUT2D eigenvalue weighted by Gasteiger charge is 2.26. The van der Waals surface area contributed by atoms with Gasteiger partial charge >= 0.3 is 5.97 Å². The minimum Gasteiger partial charge on any atom is -0.465 e. The first-order chi connectivity index (χ1) is 12.9. The van der Waals surface area contributed by atoms with Gasteiger partial charge in [-0.05, 0) is 31.4 Å². The molecule has 0 aliphatic heterocycles. The molecule has 1 N–H and O–H groups in total. The van der Waals surface area contributed by atoms with E-state index in [1.807, 2.05) is 30.3 Å². The molecule has 0 saturated carbocycles. The highest BCUT2D eigenvalue weighted by atomic mass is 16.5. The highest BCUT2D eigenvalue weighted by molar-refractivity contribution is 6.16. The van der Waals surface area contributed by atoms with Crippen molar-refractivity contribution in [3.63, 3.8) is 0 Å². The van der Waals surface area contributed by atoms with Gasteiger partial charge in [-0.2, -0.15) is 0 Å². The monoisotopic (exact) mass is 349 g/mol. The first-order valence-corrected chi connectivity index (χ1v) is 8.38. The number of aromatic amines is 1. The van der Waals surface area contributed by atoms with Crippen LogP contribution in [0.5, 0.6) is 0 Å². The second-order valence-electron chi connectivity index (χ2n) is 6.19. The van der Waals surface area contributed by atoms with Crippen LogP contribution in [0.25, 0.3) is 0 Å². The molecule has 3 aromatic rings. The van der Waals surface area contributed by atoms with E-state index in [4.69, 9.17) is 6.11 Å². The Morgan fingerprint density at radius 2 is 1.65 bits per heavy atom. The molecule has 0 saturated heterocycles. The summed E-state index contributed by atoms with van der Waals surface area (Å²) in [6, 6.07) is 15.1. The number of aromatic nitrogens is 1. The predicted octanol–water partition coefficient (Wildman–Crippen LogP) is 4.24. The standard InChI is InChI=1S/C22H21NO3/c1-14-19(20(15(2)23-14)22(25)26-3)21(24)18-12-8-7-11-17(18)13-16-9-5-4-6-10-16/h4-12,23H,13H2,1-3H3/i4T. The van der Waals surface area contributed by atoms with Crippen molar-refractivity contribution in [2.75, 3.05) is 7.11 Å². The normalized spacial score (nSPS) is 11.1. The summed E-state index contributed by atoms with van der Waals surface area (Å²) in [4.78, 5) is 28.6. The number of carbonyl (C=O) groups is 2. The Morgan fingerprint density at radius 1 is 1.00 bits per heavy atom. The Morgan fingerprint density at radius 3 is 2.35 bits per heavy atom. The van der Waals surface area contributed by atoms with Gasteiger partial charge in [-0.25, -0.2) is 4.79 Å². The zero-order valence-corrected chi connectivity index (χ0v) is 15.1. The van der Waals surface area contributed by atoms with Crippen LogP contribution in [-0.2, 0) is 11.2 Å². The Balaban J connectivity index is 2.04. The minimum absolute atomic E-state index is 0.204. The van der Waals surface area contributed by atoms with E-state index in [0.717, 1.165) is 11.1 Å². The molecule has 0 aliphatic carbocycles. The summed E-state index contributed by atoms with van der Waals surface area (Å²) in [5.74, 6) is -0.728. The fourth-order valence-corrected chi connectivity index (χ4v) is 3.21. The van der Waals surface area contributed by atoms with E-state index in [1.54, 1.807) is 32.0 Å². The molecule has 3 rings (SSSR count). The molecule has 0 amide bonds. The van der Waals surface area contributed by atoms with Crippen molar-refractivity contribution in [2.45, 2.75) is 20.3 Å². The number of ether oxygens (including phenoxy) is 1. The van der Waals surface area contributed by atoms with Gasteiger partial charge in [0.15, 0.2) is 5.78 Å². The van der Waals surface area contributed by atoms with Crippen LogP contribution < -0.4 is 0 Å². The molecule has 1 heterocycles. The van der Waals surface area contributed by atoms with Gasteiger partial charge in [0.25, 0.3) is 0 Å². The number of methoxy groups -OCH3 is 1. The molecule has 0 radical (unpaired) electrons. The van der Waals surface area contributed by atoms with Crippen LogP contribution in [0.2, 0.25) is 0 Å². The molecule has 0 atom stereocenters. The van der Waals surface area contributed by atoms with Crippen molar-refractivity contribution in [3.8, 4) is 0 Å². The van der Waals surface area contributed by atoms with Gasteiger partial charge in [-0.1, -0.05) is 54.6 Å². The molecule has 132 valence electrons. The maximum absolute atomic E-state index is 13.3. The second kappa shape index (κ2) is 7.40. The van der Waals surface area contributed by atoms with Crippen molar-refractivity contribution in [3.05, 3.63) is 93.8 Å². The molecular weight excluding hydrogens is 326 g/mol. The molecule has 4 nitrogen and oxygen atoms in total. The Hall–Kier alpha value is -3.14. The highest BCUT2D eigenvalue weighted by Crippen LogP contribution is 2.25. The van der Waals surface area contributed by atoms with Crippen LogP contribution in [0.15, 0.2) is 54.6 Å². The van der Waals surface area contributed by atoms with Crippen LogP contribution in [0.4, 0.5) is 0 Å². The molecule has 1 aromatic heterocycles. The van der Waals surface area contributed by atoms with E-state index >= 15 is 0 Å². The lowest BCUT2D eigenvalue weighted by molar-refractivity contribution is 0.0597. The van der Waals surface area contributed by atoms with Crippen molar-refractivity contribution in [2.24, 2.45) is 0 Å². The van der Waals surface area contributed by atoms with Crippen molar-refractivity contribution < 1.29 is 15.7 Å². The third kappa shape index (κ3) is 3.31. The van der Waals surface area contributed by atoms with Crippen molar-refractivity contribution in [1.82, 2.24) is 4.98 Å². The lowest BCUT2D eigenvalue weighted by atomic mass is 9.92. The molecule has 0 aliphatic rings. The quantitative estimate of drug-likeness (QED) is 0.554. The number of H-pyrrole nitrogens is 1. The summed E-state index contributed by atoms with van der Waals surface area (Å²) in [6.45, 7) is 3.53. The lowest BCUT2D eigenvalue weighted by Gasteiger charge is -2.10. The van der Waals surface area contributed by atoms with Gasteiger partial charge in [-0.3, -0.25) is 4.79 Å². The summed E-state index contributed by atoms with van der Waals surface area (Å²) in [5.41, 5.74) is 4.34. The maximum Gasteiger partial charge on any atom is 0.340 e. The van der Waals surface area contributed by atoms with E-state index in [-0.39, 0.29) is 11.3 Å². The summed E-state index contributed by atoms with van der Waals surface area (Å²) < 4.78 is 12.5. The lowest BCUT2D eigenvalue weighted by Crippen LogP contribution is -2.13. The van der Waals surface area contributed by atoms with Gasteiger partial charge < -0.3 is 9.72 Å². The zero-order chi connectivity index (χ0) is 19.6. The van der Waals surface area contributed by atoms with E-state index in [0.29, 0.717) is 35.0 Å². The molecule has 4 heteroatoms. The second-order valence-corrected chi connectivity index (χ2v) is 6.19. The van der Waals surface area contributed by atoms with Gasteiger partial charge in [0.05, 0.1) is 19.6 Å². The van der Waals surface area contributed by atoms with E-state index in [9.17, 15) is 9.59 Å². The van der Waals surface area contributed by atoms with Crippen molar-refractivity contribution >= 4 is 11.8 Å². The molecule has 2 aromatic carbocycles. The number of rotatable bonds is 5. The third-order valence-corrected chi connectivity index (χ3v) is 4.44. The van der Waals surface area contributed by atoms with Crippen molar-refractivity contribution in [1.29, 1.82) is 0 Å². The Kier molecular flexibility index (Phi) is 4.65. The Bertz CT molecular complexity index is 1000. The van der Waals surface area contributed by atoms with Crippen LogP contribution in [0, 0.1) is 13.8 Å². The minimum atomic E-state index is -0.524. The summed E-state index contributed by atoms with van der Waals surface area (Å²) in [7, 11) is 1.31. The number of esters is 1. The van der Waals surface area contributed by atoms with Gasteiger partial charge in [0.2, 0.25) is 0 Å². The molecule has 0 unspecified atom stereocenters. The predicted molar refractivity (Wildman–Crippen MR) is 101 cm³/mol. The molecular formula is C22H21NO3. The summed E-state index contributed by atoms with van der Waals surface area (Å²) >= 11 is 0. The average molecular weight is 349 g/mol. The number of ketones is 1. The number of nitrogens with one attached hydrogen (secondary N) is 1. The fraction of sp³-hybridized carbons (Fsp3) is 0.182. The van der Waals surface area contributed by atoms with E-state index in [1.165, 1.54) is 7.11 Å². The van der Waals surface area contributed by atoms with Crippen LogP contribution in [0.3, 0.4) is 0 Å². The molecule has 0 spiro atoms. The number of hydrogen-bond acceptors (Lipinski definition) is 3. The summed E-state index contributed by atoms with van der Waals surface area (Å²) in [5, 5.41) is 0. The SMILES string of the molecule is [3H]c1ccc(Cc2ccccc2C(=O)c2c(C)[nH]c(C)c2C(=O)OC)cc1. The fourth-order valence-electron chi connectivity index (χ4n) is 3.21. The summed E-state index contributed by atoms with van der Waals surface area (Å²) in [6.07, 6.45) is 0.568. The van der Waals surface area contributed by atoms with Gasteiger partial charge in [0, 0.05) is 17.0 Å².